The molecule has 0 atom stereocenters. The number of nitrogens with one attached hydrogen (secondary N) is 1. The van der Waals surface area contributed by atoms with Gasteiger partial charge in [0.05, 0.1) is 5.69 Å². The van der Waals surface area contributed by atoms with Crippen LogP contribution in [0.4, 0.5) is 5.69 Å². The predicted octanol–water partition coefficient (Wildman–Crippen LogP) is 3.16. The maximum absolute atomic E-state index is 12.5. The Labute approximate surface area is 162 Å². The van der Waals surface area contributed by atoms with Gasteiger partial charge >= 0.3 is 0 Å². The van der Waals surface area contributed by atoms with E-state index in [0.717, 1.165) is 15.2 Å². The van der Waals surface area contributed by atoms with Crippen molar-refractivity contribution in [2.75, 3.05) is 5.32 Å². The Bertz CT molecular complexity index is 1070. The van der Waals surface area contributed by atoms with Gasteiger partial charge in [0.25, 0.3) is 11.5 Å². The summed E-state index contributed by atoms with van der Waals surface area (Å²) in [7, 11) is 0. The Morgan fingerprint density at radius 2 is 1.70 bits per heavy atom. The second-order valence-corrected chi connectivity index (χ2v) is 6.61. The molecular weight excluding hydrogens is 414 g/mol. The van der Waals surface area contributed by atoms with E-state index in [1.54, 1.807) is 48.5 Å². The average Bonchev–Trinajstić information content (AvgIpc) is 2.63. The monoisotopic (exact) mass is 427 g/mol. The van der Waals surface area contributed by atoms with E-state index in [1.165, 1.54) is 6.92 Å². The SMILES string of the molecule is CC(=O)c1ccc(NC(=O)c2nn(-c3ccc(Br)cc3)c(=O)cc2O)cc1. The van der Waals surface area contributed by atoms with E-state index in [0.29, 0.717) is 16.9 Å². The van der Waals surface area contributed by atoms with Crippen LogP contribution in [0.2, 0.25) is 0 Å². The number of rotatable bonds is 4. The number of Topliss-reactive ketones (excluding diaryl/α,β-unsaturated/α-hetero) is 1. The van der Waals surface area contributed by atoms with Crippen molar-refractivity contribution < 1.29 is 14.7 Å². The molecule has 2 aromatic carbocycles. The molecule has 1 aromatic heterocycles. The molecule has 7 nitrogen and oxygen atoms in total. The van der Waals surface area contributed by atoms with Crippen molar-refractivity contribution in [3.63, 3.8) is 0 Å². The number of carbonyl (C=O) groups excluding carboxylic acids is 2. The third-order valence-corrected chi connectivity index (χ3v) is 4.28. The molecule has 0 unspecified atom stereocenters. The highest BCUT2D eigenvalue weighted by Crippen LogP contribution is 2.17. The number of anilines is 1. The van der Waals surface area contributed by atoms with Crippen molar-refractivity contribution in [3.05, 3.63) is 80.7 Å². The van der Waals surface area contributed by atoms with Gasteiger partial charge in [-0.15, -0.1) is 0 Å². The normalized spacial score (nSPS) is 10.4. The summed E-state index contributed by atoms with van der Waals surface area (Å²) in [5.41, 5.74) is 0.513. The van der Waals surface area contributed by atoms with Crippen LogP contribution in [0.25, 0.3) is 5.69 Å². The molecule has 0 saturated carbocycles. The van der Waals surface area contributed by atoms with Gasteiger partial charge in [-0.1, -0.05) is 15.9 Å². The van der Waals surface area contributed by atoms with Gasteiger partial charge in [0.15, 0.2) is 17.2 Å². The number of carbonyl (C=O) groups is 2. The average molecular weight is 428 g/mol. The molecule has 0 spiro atoms. The fourth-order valence-electron chi connectivity index (χ4n) is 2.35. The summed E-state index contributed by atoms with van der Waals surface area (Å²) in [6.45, 7) is 1.45. The summed E-state index contributed by atoms with van der Waals surface area (Å²) in [5.74, 6) is -1.30. The highest BCUT2D eigenvalue weighted by Gasteiger charge is 2.17. The Balaban J connectivity index is 1.92. The summed E-state index contributed by atoms with van der Waals surface area (Å²) in [6, 6.07) is 14.0. The molecule has 3 rings (SSSR count). The van der Waals surface area contributed by atoms with E-state index in [2.05, 4.69) is 26.3 Å². The second kappa shape index (κ2) is 7.55. The van der Waals surface area contributed by atoms with Crippen LogP contribution in [-0.2, 0) is 0 Å². The molecule has 0 bridgehead atoms. The Morgan fingerprint density at radius 1 is 1.07 bits per heavy atom. The number of benzene rings is 2. The van der Waals surface area contributed by atoms with Crippen molar-refractivity contribution in [2.24, 2.45) is 0 Å². The molecule has 1 heterocycles. The Morgan fingerprint density at radius 3 is 2.30 bits per heavy atom. The summed E-state index contributed by atoms with van der Waals surface area (Å²) in [5, 5.41) is 16.5. The first-order chi connectivity index (χ1) is 12.8. The Hall–Kier alpha value is -3.26. The molecule has 3 aromatic rings. The molecular formula is C19H14BrN3O4. The largest absolute Gasteiger partial charge is 0.505 e. The third kappa shape index (κ3) is 4.12. The summed E-state index contributed by atoms with van der Waals surface area (Å²) in [6.07, 6.45) is 0. The lowest BCUT2D eigenvalue weighted by Crippen LogP contribution is -2.25. The lowest BCUT2D eigenvalue weighted by atomic mass is 10.1. The van der Waals surface area contributed by atoms with Gasteiger partial charge in [0.2, 0.25) is 0 Å². The standard InChI is InChI=1S/C19H14BrN3O4/c1-11(24)12-2-6-14(7-3-12)21-19(27)18-16(25)10-17(26)23(22-18)15-8-4-13(20)5-9-15/h2-10,25H,1H3,(H,21,27). The number of aromatic hydroxyl groups is 1. The maximum Gasteiger partial charge on any atom is 0.279 e. The highest BCUT2D eigenvalue weighted by molar-refractivity contribution is 9.10. The molecule has 0 aliphatic heterocycles. The van der Waals surface area contributed by atoms with Crippen LogP contribution in [0.3, 0.4) is 0 Å². The molecule has 0 aliphatic rings. The van der Waals surface area contributed by atoms with Crippen molar-refractivity contribution in [1.29, 1.82) is 0 Å². The number of amides is 1. The van der Waals surface area contributed by atoms with Gasteiger partial charge in [-0.3, -0.25) is 14.4 Å². The number of hydrogen-bond donors (Lipinski definition) is 2. The molecule has 136 valence electrons. The maximum atomic E-state index is 12.5. The number of nitrogens with zero attached hydrogens (tertiary/aromatic N) is 2. The topological polar surface area (TPSA) is 101 Å². The number of ketones is 1. The van der Waals surface area contributed by atoms with Crippen LogP contribution in [0.1, 0.15) is 27.8 Å². The van der Waals surface area contributed by atoms with Gasteiger partial charge in [0, 0.05) is 21.8 Å². The molecule has 1 amide bonds. The molecule has 27 heavy (non-hydrogen) atoms. The Kier molecular flexibility index (Phi) is 5.18. The minimum atomic E-state index is -0.686. The van der Waals surface area contributed by atoms with Crippen LogP contribution in [0.15, 0.2) is 63.9 Å². The number of aromatic nitrogens is 2. The van der Waals surface area contributed by atoms with E-state index in [9.17, 15) is 19.5 Å². The van der Waals surface area contributed by atoms with Crippen molar-refractivity contribution in [2.45, 2.75) is 6.92 Å². The van der Waals surface area contributed by atoms with Crippen LogP contribution < -0.4 is 10.9 Å². The first kappa shape index (κ1) is 18.5. The fraction of sp³-hybridized carbons (Fsp3) is 0.0526. The summed E-state index contributed by atoms with van der Waals surface area (Å²) < 4.78 is 1.85. The predicted molar refractivity (Wildman–Crippen MR) is 104 cm³/mol. The van der Waals surface area contributed by atoms with Crippen molar-refractivity contribution in [1.82, 2.24) is 9.78 Å². The van der Waals surface area contributed by atoms with Gasteiger partial charge in [-0.2, -0.15) is 9.78 Å². The minimum Gasteiger partial charge on any atom is -0.505 e. The molecule has 2 N–H and O–H groups in total. The number of halogens is 1. The molecule has 0 saturated heterocycles. The highest BCUT2D eigenvalue weighted by atomic mass is 79.9. The van der Waals surface area contributed by atoms with Crippen LogP contribution in [0, 0.1) is 0 Å². The smallest absolute Gasteiger partial charge is 0.279 e. The lowest BCUT2D eigenvalue weighted by molar-refractivity contribution is 0.101. The van der Waals surface area contributed by atoms with E-state index in [-0.39, 0.29) is 11.5 Å². The first-order valence-electron chi connectivity index (χ1n) is 7.87. The van der Waals surface area contributed by atoms with Crippen molar-refractivity contribution >= 4 is 33.3 Å². The van der Waals surface area contributed by atoms with E-state index < -0.39 is 17.2 Å². The third-order valence-electron chi connectivity index (χ3n) is 3.75. The van der Waals surface area contributed by atoms with Crippen LogP contribution >= 0.6 is 15.9 Å². The molecule has 0 fully saturated rings. The van der Waals surface area contributed by atoms with Gasteiger partial charge in [0.1, 0.15) is 0 Å². The molecule has 0 aliphatic carbocycles. The van der Waals surface area contributed by atoms with Gasteiger partial charge in [-0.25, -0.2) is 0 Å². The lowest BCUT2D eigenvalue weighted by Gasteiger charge is -2.10. The summed E-state index contributed by atoms with van der Waals surface area (Å²) >= 11 is 3.30. The van der Waals surface area contributed by atoms with Crippen molar-refractivity contribution in [3.8, 4) is 11.4 Å². The van der Waals surface area contributed by atoms with Gasteiger partial charge in [-0.05, 0) is 55.5 Å². The fourth-order valence-corrected chi connectivity index (χ4v) is 2.62. The zero-order valence-corrected chi connectivity index (χ0v) is 15.7. The molecule has 8 heteroatoms. The minimum absolute atomic E-state index is 0.0891. The quantitative estimate of drug-likeness (QED) is 0.622. The van der Waals surface area contributed by atoms with Gasteiger partial charge < -0.3 is 10.4 Å². The van der Waals surface area contributed by atoms with Crippen LogP contribution in [0.5, 0.6) is 5.75 Å². The number of hydrogen-bond acceptors (Lipinski definition) is 5. The molecule has 0 radical (unpaired) electrons. The van der Waals surface area contributed by atoms with E-state index in [4.69, 9.17) is 0 Å². The second-order valence-electron chi connectivity index (χ2n) is 5.69. The zero-order chi connectivity index (χ0) is 19.6. The van der Waals surface area contributed by atoms with E-state index >= 15 is 0 Å². The first-order valence-corrected chi connectivity index (χ1v) is 8.66. The summed E-state index contributed by atoms with van der Waals surface area (Å²) in [4.78, 5) is 35.9. The van der Waals surface area contributed by atoms with Crippen LogP contribution in [-0.4, -0.2) is 26.6 Å². The zero-order valence-electron chi connectivity index (χ0n) is 14.1. The van der Waals surface area contributed by atoms with E-state index in [1.807, 2.05) is 0 Å².